The second-order valence-corrected chi connectivity index (χ2v) is 5.89. The topological polar surface area (TPSA) is 74.7 Å². The van der Waals surface area contributed by atoms with Gasteiger partial charge in [-0.25, -0.2) is 9.59 Å². The van der Waals surface area contributed by atoms with Crippen LogP contribution >= 0.6 is 0 Å². The minimum Gasteiger partial charge on any atom is -0.463 e. The molecule has 2 atom stereocenters. The van der Waals surface area contributed by atoms with Crippen molar-refractivity contribution in [2.45, 2.75) is 64.3 Å². The van der Waals surface area contributed by atoms with Crippen molar-refractivity contribution in [3.05, 3.63) is 30.1 Å². The Hall–Kier alpha value is -1.95. The molecule has 0 unspecified atom stereocenters. The van der Waals surface area contributed by atoms with Gasteiger partial charge >= 0.3 is 11.9 Å². The van der Waals surface area contributed by atoms with Crippen LogP contribution in [-0.4, -0.2) is 35.7 Å². The van der Waals surface area contributed by atoms with Gasteiger partial charge in [0.1, 0.15) is 0 Å². The van der Waals surface area contributed by atoms with Gasteiger partial charge < -0.3 is 14.2 Å². The van der Waals surface area contributed by atoms with Gasteiger partial charge in [-0.2, -0.15) is 0 Å². The molecule has 0 bridgehead atoms. The van der Waals surface area contributed by atoms with Gasteiger partial charge in [-0.1, -0.05) is 25.3 Å². The highest BCUT2D eigenvalue weighted by Crippen LogP contribution is 2.23. The largest absolute Gasteiger partial charge is 0.463 e. The maximum Gasteiger partial charge on any atom is 0.352 e. The molecule has 0 radical (unpaired) electrons. The number of ether oxygens (including phenoxy) is 3. The van der Waals surface area contributed by atoms with E-state index in [1.54, 1.807) is 32.2 Å². The summed E-state index contributed by atoms with van der Waals surface area (Å²) in [4.78, 5) is 28.4. The molecular weight excluding hydrogens is 310 g/mol. The third-order valence-electron chi connectivity index (χ3n) is 4.00. The molecule has 24 heavy (non-hydrogen) atoms. The number of nitrogens with zero attached hydrogens (tertiary/aromatic N) is 1. The Bertz CT molecular complexity index is 527. The summed E-state index contributed by atoms with van der Waals surface area (Å²) in [6.45, 7) is 3.57. The van der Waals surface area contributed by atoms with Crippen LogP contribution in [0.1, 0.15) is 57.6 Å². The van der Waals surface area contributed by atoms with Gasteiger partial charge in [0.15, 0.2) is 6.10 Å². The zero-order valence-corrected chi connectivity index (χ0v) is 14.3. The number of rotatable bonds is 7. The minimum atomic E-state index is -1.12. The number of aromatic nitrogens is 1. The highest BCUT2D eigenvalue weighted by atomic mass is 16.6. The molecule has 1 aromatic rings. The van der Waals surface area contributed by atoms with Gasteiger partial charge in [-0.3, -0.25) is 4.98 Å². The van der Waals surface area contributed by atoms with E-state index in [2.05, 4.69) is 4.98 Å². The van der Waals surface area contributed by atoms with E-state index in [9.17, 15) is 9.59 Å². The van der Waals surface area contributed by atoms with Gasteiger partial charge in [-0.15, -0.1) is 0 Å². The molecule has 2 rings (SSSR count). The normalized spacial score (nSPS) is 17.8. The highest BCUT2D eigenvalue weighted by Gasteiger charge is 2.30. The third kappa shape index (κ3) is 5.30. The van der Waals surface area contributed by atoms with Crippen molar-refractivity contribution in [1.82, 2.24) is 4.98 Å². The molecule has 1 heterocycles. The monoisotopic (exact) mass is 335 g/mol. The third-order valence-corrected chi connectivity index (χ3v) is 4.00. The first kappa shape index (κ1) is 18.4. The lowest BCUT2D eigenvalue weighted by atomic mass is 9.98. The molecule has 0 N–H and O–H groups in total. The van der Waals surface area contributed by atoms with E-state index in [1.807, 2.05) is 0 Å². The van der Waals surface area contributed by atoms with Crippen molar-refractivity contribution < 1.29 is 23.8 Å². The predicted molar refractivity (Wildman–Crippen MR) is 87.1 cm³/mol. The zero-order chi connectivity index (χ0) is 17.4. The average Bonchev–Trinajstić information content (AvgIpc) is 2.61. The Morgan fingerprint density at radius 2 is 2.00 bits per heavy atom. The van der Waals surface area contributed by atoms with Crippen molar-refractivity contribution in [2.24, 2.45) is 0 Å². The summed E-state index contributed by atoms with van der Waals surface area (Å²) in [5.41, 5.74) is 0.481. The molecule has 1 aliphatic carbocycles. The van der Waals surface area contributed by atoms with Crippen LogP contribution in [0.4, 0.5) is 0 Å². The van der Waals surface area contributed by atoms with Crippen LogP contribution in [0.25, 0.3) is 0 Å². The van der Waals surface area contributed by atoms with E-state index in [-0.39, 0.29) is 12.7 Å². The summed E-state index contributed by atoms with van der Waals surface area (Å²) in [7, 11) is 0. The minimum absolute atomic E-state index is 0.0840. The molecule has 6 heteroatoms. The maximum atomic E-state index is 12.3. The van der Waals surface area contributed by atoms with E-state index in [1.165, 1.54) is 12.6 Å². The van der Waals surface area contributed by atoms with E-state index in [0.717, 1.165) is 25.7 Å². The number of hydrogen-bond donors (Lipinski definition) is 0. The Labute approximate surface area is 142 Å². The Morgan fingerprint density at radius 1 is 1.25 bits per heavy atom. The molecular formula is C18H25NO5. The van der Waals surface area contributed by atoms with Crippen LogP contribution in [0.3, 0.4) is 0 Å². The van der Waals surface area contributed by atoms with Crippen molar-refractivity contribution in [3.8, 4) is 0 Å². The molecule has 0 aliphatic heterocycles. The van der Waals surface area contributed by atoms with Crippen molar-refractivity contribution in [3.63, 3.8) is 0 Å². The van der Waals surface area contributed by atoms with Crippen LogP contribution in [0.5, 0.6) is 0 Å². The number of pyridine rings is 1. The summed E-state index contributed by atoms with van der Waals surface area (Å²) in [6, 6.07) is 3.35. The van der Waals surface area contributed by atoms with Crippen LogP contribution in [0.2, 0.25) is 0 Å². The summed E-state index contributed by atoms with van der Waals surface area (Å²) in [5.74, 6) is -1.17. The summed E-state index contributed by atoms with van der Waals surface area (Å²) < 4.78 is 16.2. The summed E-state index contributed by atoms with van der Waals surface area (Å²) >= 11 is 0. The first-order valence-corrected chi connectivity index (χ1v) is 8.54. The standard InChI is InChI=1S/C18H25NO5/c1-3-22-18(21)16(14-8-7-11-19-12-14)24-17(20)13(2)23-15-9-5-4-6-10-15/h7-8,11-13,15-16H,3-6,9-10H2,1-2H3/t13-,16+/m0/s1. The van der Waals surface area contributed by atoms with Crippen LogP contribution < -0.4 is 0 Å². The lowest BCUT2D eigenvalue weighted by molar-refractivity contribution is -0.177. The zero-order valence-electron chi connectivity index (χ0n) is 14.3. The smallest absolute Gasteiger partial charge is 0.352 e. The second kappa shape index (κ2) is 9.37. The maximum absolute atomic E-state index is 12.3. The van der Waals surface area contributed by atoms with E-state index in [0.29, 0.717) is 5.56 Å². The first-order valence-electron chi connectivity index (χ1n) is 8.54. The van der Waals surface area contributed by atoms with Crippen LogP contribution in [0, 0.1) is 0 Å². The Kier molecular flexibility index (Phi) is 7.18. The molecule has 0 amide bonds. The van der Waals surface area contributed by atoms with Gasteiger partial charge in [0.2, 0.25) is 6.10 Å². The number of carbonyl (C=O) groups excluding carboxylic acids is 2. The lowest BCUT2D eigenvalue weighted by Gasteiger charge is -2.25. The molecule has 0 aromatic carbocycles. The lowest BCUT2D eigenvalue weighted by Crippen LogP contribution is -2.32. The number of hydrogen-bond acceptors (Lipinski definition) is 6. The van der Waals surface area contributed by atoms with Gasteiger partial charge in [0.25, 0.3) is 0 Å². The van der Waals surface area contributed by atoms with E-state index < -0.39 is 24.1 Å². The SMILES string of the molecule is CCOC(=O)[C@H](OC(=O)[C@H](C)OC1CCCCC1)c1cccnc1. The Morgan fingerprint density at radius 3 is 2.62 bits per heavy atom. The van der Waals surface area contributed by atoms with E-state index in [4.69, 9.17) is 14.2 Å². The summed E-state index contributed by atoms with van der Waals surface area (Å²) in [6.07, 6.45) is 6.68. The fourth-order valence-corrected chi connectivity index (χ4v) is 2.76. The number of carbonyl (C=O) groups is 2. The van der Waals surface area contributed by atoms with Crippen molar-refractivity contribution in [2.75, 3.05) is 6.61 Å². The molecule has 1 aliphatic rings. The number of esters is 2. The van der Waals surface area contributed by atoms with Gasteiger partial charge in [0, 0.05) is 18.0 Å². The fourth-order valence-electron chi connectivity index (χ4n) is 2.76. The fraction of sp³-hybridized carbons (Fsp3) is 0.611. The van der Waals surface area contributed by atoms with Gasteiger partial charge in [0.05, 0.1) is 12.7 Å². The summed E-state index contributed by atoms with van der Waals surface area (Å²) in [5, 5.41) is 0. The molecule has 1 aromatic heterocycles. The van der Waals surface area contributed by atoms with Gasteiger partial charge in [-0.05, 0) is 32.8 Å². The Balaban J connectivity index is 1.99. The molecule has 132 valence electrons. The molecule has 0 saturated heterocycles. The molecule has 1 saturated carbocycles. The second-order valence-electron chi connectivity index (χ2n) is 5.89. The average molecular weight is 335 g/mol. The highest BCUT2D eigenvalue weighted by molar-refractivity contribution is 5.82. The molecule has 0 spiro atoms. The first-order chi connectivity index (χ1) is 11.6. The van der Waals surface area contributed by atoms with Crippen molar-refractivity contribution in [1.29, 1.82) is 0 Å². The molecule has 6 nitrogen and oxygen atoms in total. The van der Waals surface area contributed by atoms with Crippen LogP contribution in [-0.2, 0) is 23.8 Å². The van der Waals surface area contributed by atoms with Crippen molar-refractivity contribution >= 4 is 11.9 Å². The quantitative estimate of drug-likeness (QED) is 0.713. The van der Waals surface area contributed by atoms with E-state index >= 15 is 0 Å². The molecule has 1 fully saturated rings. The predicted octanol–water partition coefficient (Wildman–Crippen LogP) is 2.97. The van der Waals surface area contributed by atoms with Crippen LogP contribution in [0.15, 0.2) is 24.5 Å².